The molecule has 0 aromatic carbocycles. The molecule has 1 saturated heterocycles. The van der Waals surface area contributed by atoms with Gasteiger partial charge in [0.25, 0.3) is 0 Å². The molecule has 5 heteroatoms. The first kappa shape index (κ1) is 11.7. The minimum absolute atomic E-state index is 0.212. The van der Waals surface area contributed by atoms with Crippen molar-refractivity contribution in [2.45, 2.75) is 44.4 Å². The number of nitrogens with zero attached hydrogens (tertiary/aromatic N) is 3. The van der Waals surface area contributed by atoms with E-state index in [9.17, 15) is 0 Å². The lowest BCUT2D eigenvalue weighted by Gasteiger charge is -2.22. The Morgan fingerprint density at radius 3 is 2.31 bits per heavy atom. The average molecular weight is 244 g/mol. The molecule has 2 heterocycles. The highest BCUT2D eigenvalue weighted by atomic mass is 35.5. The molecule has 0 aliphatic carbocycles. The third-order valence-electron chi connectivity index (χ3n) is 2.90. The molecule has 0 N–H and O–H groups in total. The molecule has 1 unspecified atom stereocenters. The summed E-state index contributed by atoms with van der Waals surface area (Å²) in [5.74, 6) is 0.513. The van der Waals surface area contributed by atoms with Crippen LogP contribution in [0.25, 0.3) is 0 Å². The van der Waals surface area contributed by atoms with Gasteiger partial charge in [0.1, 0.15) is 5.38 Å². The zero-order valence-corrected chi connectivity index (χ0v) is 10.4. The number of halogens is 1. The molecule has 1 aromatic heterocycles. The van der Waals surface area contributed by atoms with Gasteiger partial charge >= 0.3 is 6.01 Å². The van der Waals surface area contributed by atoms with E-state index < -0.39 is 0 Å². The van der Waals surface area contributed by atoms with Gasteiger partial charge in [-0.25, -0.2) is 0 Å². The van der Waals surface area contributed by atoms with Crippen molar-refractivity contribution < 1.29 is 4.42 Å². The number of aromatic nitrogens is 2. The predicted molar refractivity (Wildman–Crippen MR) is 63.9 cm³/mol. The molecule has 0 radical (unpaired) electrons. The molecular weight excluding hydrogens is 226 g/mol. The standard InChI is InChI=1S/C11H18ClN3O/c1-9(12)10-13-14-11(16-10)15-7-5-3-2-4-6-8-15/h9H,2-8H2,1H3. The summed E-state index contributed by atoms with van der Waals surface area (Å²) >= 11 is 5.90. The summed E-state index contributed by atoms with van der Waals surface area (Å²) in [4.78, 5) is 2.18. The quantitative estimate of drug-likeness (QED) is 0.749. The van der Waals surface area contributed by atoms with E-state index in [0.29, 0.717) is 11.9 Å². The van der Waals surface area contributed by atoms with Crippen LogP contribution in [0.15, 0.2) is 4.42 Å². The van der Waals surface area contributed by atoms with Crippen LogP contribution in [0.2, 0.25) is 0 Å². The number of anilines is 1. The van der Waals surface area contributed by atoms with E-state index in [2.05, 4.69) is 15.1 Å². The largest absolute Gasteiger partial charge is 0.406 e. The van der Waals surface area contributed by atoms with Gasteiger partial charge in [-0.15, -0.1) is 16.7 Å². The van der Waals surface area contributed by atoms with Crippen molar-refractivity contribution in [3.05, 3.63) is 5.89 Å². The topological polar surface area (TPSA) is 42.2 Å². The molecule has 1 fully saturated rings. The van der Waals surface area contributed by atoms with Crippen LogP contribution in [0.4, 0.5) is 6.01 Å². The fourth-order valence-electron chi connectivity index (χ4n) is 1.95. The first-order chi connectivity index (χ1) is 7.77. The summed E-state index contributed by atoms with van der Waals surface area (Å²) in [5, 5.41) is 7.80. The van der Waals surface area contributed by atoms with Crippen LogP contribution in [-0.4, -0.2) is 23.3 Å². The lowest BCUT2D eigenvalue weighted by Crippen LogP contribution is -2.27. The summed E-state index contributed by atoms with van der Waals surface area (Å²) in [6.07, 6.45) is 6.34. The second-order valence-electron chi connectivity index (χ2n) is 4.29. The average Bonchev–Trinajstić information content (AvgIpc) is 2.66. The Kier molecular flexibility index (Phi) is 4.04. The maximum Gasteiger partial charge on any atom is 0.318 e. The molecule has 0 bridgehead atoms. The maximum absolute atomic E-state index is 5.90. The number of rotatable bonds is 2. The Labute approximate surface area is 101 Å². The van der Waals surface area contributed by atoms with E-state index in [1.165, 1.54) is 32.1 Å². The molecule has 4 nitrogen and oxygen atoms in total. The lowest BCUT2D eigenvalue weighted by atomic mass is 10.1. The van der Waals surface area contributed by atoms with Gasteiger partial charge in [-0.05, 0) is 19.8 Å². The summed E-state index contributed by atoms with van der Waals surface area (Å²) in [6.45, 7) is 3.86. The molecule has 0 spiro atoms. The van der Waals surface area contributed by atoms with E-state index >= 15 is 0 Å². The van der Waals surface area contributed by atoms with E-state index in [4.69, 9.17) is 16.0 Å². The van der Waals surface area contributed by atoms with E-state index in [-0.39, 0.29) is 5.38 Å². The molecule has 16 heavy (non-hydrogen) atoms. The fraction of sp³-hybridized carbons (Fsp3) is 0.818. The van der Waals surface area contributed by atoms with Gasteiger partial charge in [-0.1, -0.05) is 24.4 Å². The summed E-state index contributed by atoms with van der Waals surface area (Å²) in [5.41, 5.74) is 0. The van der Waals surface area contributed by atoms with Crippen molar-refractivity contribution in [3.8, 4) is 0 Å². The van der Waals surface area contributed by atoms with Gasteiger partial charge in [-0.3, -0.25) is 0 Å². The first-order valence-electron chi connectivity index (χ1n) is 6.00. The van der Waals surface area contributed by atoms with Crippen LogP contribution >= 0.6 is 11.6 Å². The number of alkyl halides is 1. The van der Waals surface area contributed by atoms with E-state index in [1.807, 2.05) is 6.92 Å². The molecule has 1 atom stereocenters. The van der Waals surface area contributed by atoms with Crippen molar-refractivity contribution in [1.29, 1.82) is 0 Å². The van der Waals surface area contributed by atoms with Crippen molar-refractivity contribution >= 4 is 17.6 Å². The van der Waals surface area contributed by atoms with Crippen LogP contribution in [0, 0.1) is 0 Å². The van der Waals surface area contributed by atoms with E-state index in [1.54, 1.807) is 0 Å². The highest BCUT2D eigenvalue weighted by Crippen LogP contribution is 2.23. The van der Waals surface area contributed by atoms with Gasteiger partial charge < -0.3 is 9.32 Å². The lowest BCUT2D eigenvalue weighted by molar-refractivity contribution is 0.464. The Hall–Kier alpha value is -0.770. The van der Waals surface area contributed by atoms with Gasteiger partial charge in [-0.2, -0.15) is 0 Å². The monoisotopic (exact) mass is 243 g/mol. The van der Waals surface area contributed by atoms with Crippen LogP contribution in [0.1, 0.15) is 50.3 Å². The van der Waals surface area contributed by atoms with Crippen LogP contribution in [0.5, 0.6) is 0 Å². The Balaban J connectivity index is 2.02. The molecule has 1 aliphatic heterocycles. The molecule has 1 aliphatic rings. The normalized spacial score (nSPS) is 20.2. The zero-order valence-electron chi connectivity index (χ0n) is 9.65. The Morgan fingerprint density at radius 1 is 1.12 bits per heavy atom. The first-order valence-corrected chi connectivity index (χ1v) is 6.43. The summed E-state index contributed by atoms with van der Waals surface area (Å²) < 4.78 is 5.55. The van der Waals surface area contributed by atoms with Gasteiger partial charge in [0.2, 0.25) is 5.89 Å². The highest BCUT2D eigenvalue weighted by molar-refractivity contribution is 6.20. The second kappa shape index (κ2) is 5.53. The number of hydrogen-bond donors (Lipinski definition) is 0. The van der Waals surface area contributed by atoms with Crippen molar-refractivity contribution in [2.75, 3.05) is 18.0 Å². The smallest absolute Gasteiger partial charge is 0.318 e. The van der Waals surface area contributed by atoms with Crippen LogP contribution < -0.4 is 4.90 Å². The van der Waals surface area contributed by atoms with Crippen LogP contribution in [0.3, 0.4) is 0 Å². The zero-order chi connectivity index (χ0) is 11.4. The minimum Gasteiger partial charge on any atom is -0.406 e. The third kappa shape index (κ3) is 2.88. The fourth-order valence-corrected chi connectivity index (χ4v) is 2.04. The Morgan fingerprint density at radius 2 is 1.75 bits per heavy atom. The van der Waals surface area contributed by atoms with Crippen molar-refractivity contribution in [2.24, 2.45) is 0 Å². The van der Waals surface area contributed by atoms with Gasteiger partial charge in [0.15, 0.2) is 0 Å². The van der Waals surface area contributed by atoms with Gasteiger partial charge in [0, 0.05) is 13.1 Å². The third-order valence-corrected chi connectivity index (χ3v) is 3.08. The minimum atomic E-state index is -0.212. The summed E-state index contributed by atoms with van der Waals surface area (Å²) in [7, 11) is 0. The Bertz CT molecular complexity index is 319. The molecule has 1 aromatic rings. The van der Waals surface area contributed by atoms with Crippen LogP contribution in [-0.2, 0) is 0 Å². The van der Waals surface area contributed by atoms with Crippen molar-refractivity contribution in [3.63, 3.8) is 0 Å². The highest BCUT2D eigenvalue weighted by Gasteiger charge is 2.17. The molecule has 2 rings (SSSR count). The number of hydrogen-bond acceptors (Lipinski definition) is 4. The molecule has 90 valence electrons. The predicted octanol–water partition coefficient (Wildman–Crippen LogP) is 3.14. The summed E-state index contributed by atoms with van der Waals surface area (Å²) in [6, 6.07) is 0.629. The van der Waals surface area contributed by atoms with E-state index in [0.717, 1.165) is 13.1 Å². The molecule has 0 amide bonds. The second-order valence-corrected chi connectivity index (χ2v) is 4.95. The SMILES string of the molecule is CC(Cl)c1nnc(N2CCCCCCC2)o1. The maximum atomic E-state index is 5.90. The molecular formula is C11H18ClN3O. The van der Waals surface area contributed by atoms with Crippen molar-refractivity contribution in [1.82, 2.24) is 10.2 Å². The van der Waals surface area contributed by atoms with Gasteiger partial charge in [0.05, 0.1) is 0 Å². The molecule has 0 saturated carbocycles.